The van der Waals surface area contributed by atoms with E-state index in [0.29, 0.717) is 13.2 Å². The Hall–Kier alpha value is -0.610. The summed E-state index contributed by atoms with van der Waals surface area (Å²) in [6, 6.07) is 0. The zero-order valence-electron chi connectivity index (χ0n) is 9.71. The van der Waals surface area contributed by atoms with Crippen molar-refractivity contribution in [2.45, 2.75) is 51.2 Å². The molecule has 3 N–H and O–H groups in total. The monoisotopic (exact) mass is 214 g/mol. The van der Waals surface area contributed by atoms with Crippen molar-refractivity contribution >= 4 is 5.91 Å². The third kappa shape index (κ3) is 3.80. The largest absolute Gasteiger partial charge is 0.377 e. The highest BCUT2D eigenvalue weighted by atomic mass is 16.5. The highest BCUT2D eigenvalue weighted by Crippen LogP contribution is 2.26. The van der Waals surface area contributed by atoms with E-state index in [1.165, 1.54) is 0 Å². The molecule has 1 amide bonds. The molecule has 1 aliphatic rings. The van der Waals surface area contributed by atoms with Gasteiger partial charge < -0.3 is 15.8 Å². The van der Waals surface area contributed by atoms with Crippen LogP contribution in [0.2, 0.25) is 0 Å². The second kappa shape index (κ2) is 5.47. The van der Waals surface area contributed by atoms with Gasteiger partial charge in [-0.2, -0.15) is 0 Å². The van der Waals surface area contributed by atoms with E-state index in [9.17, 15) is 4.79 Å². The van der Waals surface area contributed by atoms with Gasteiger partial charge in [0.05, 0.1) is 18.2 Å². The average Bonchev–Trinajstić information content (AvgIpc) is 2.60. The van der Waals surface area contributed by atoms with Crippen LogP contribution in [-0.4, -0.2) is 30.7 Å². The van der Waals surface area contributed by atoms with E-state index in [0.717, 1.165) is 25.7 Å². The van der Waals surface area contributed by atoms with Gasteiger partial charge in [-0.1, -0.05) is 12.8 Å². The molecule has 0 aliphatic heterocycles. The molecule has 1 saturated carbocycles. The van der Waals surface area contributed by atoms with Gasteiger partial charge in [0.25, 0.3) is 0 Å². The van der Waals surface area contributed by atoms with E-state index < -0.39 is 5.54 Å². The molecule has 4 heteroatoms. The maximum atomic E-state index is 11.7. The average molecular weight is 214 g/mol. The van der Waals surface area contributed by atoms with Crippen molar-refractivity contribution in [2.24, 2.45) is 5.73 Å². The van der Waals surface area contributed by atoms with Gasteiger partial charge in [-0.3, -0.25) is 4.79 Å². The first-order valence-electron chi connectivity index (χ1n) is 5.73. The molecule has 4 nitrogen and oxygen atoms in total. The normalized spacial score (nSPS) is 19.5. The Morgan fingerprint density at radius 1 is 1.47 bits per heavy atom. The number of carbonyl (C=O) groups is 1. The Balaban J connectivity index is 2.18. The summed E-state index contributed by atoms with van der Waals surface area (Å²) in [5, 5.41) is 2.83. The van der Waals surface area contributed by atoms with Crippen molar-refractivity contribution in [3.63, 3.8) is 0 Å². The fraction of sp³-hybridized carbons (Fsp3) is 0.909. The second-order valence-electron chi connectivity index (χ2n) is 4.54. The van der Waals surface area contributed by atoms with E-state index in [4.69, 9.17) is 10.5 Å². The molecule has 15 heavy (non-hydrogen) atoms. The maximum Gasteiger partial charge on any atom is 0.240 e. The van der Waals surface area contributed by atoms with Crippen LogP contribution >= 0.6 is 0 Å². The number of hydrogen-bond acceptors (Lipinski definition) is 3. The second-order valence-corrected chi connectivity index (χ2v) is 4.54. The smallest absolute Gasteiger partial charge is 0.240 e. The van der Waals surface area contributed by atoms with Gasteiger partial charge in [0.2, 0.25) is 5.91 Å². The van der Waals surface area contributed by atoms with E-state index in [2.05, 4.69) is 5.32 Å². The molecule has 1 rings (SSSR count). The lowest BCUT2D eigenvalue weighted by atomic mass is 9.98. The van der Waals surface area contributed by atoms with Crippen molar-refractivity contribution in [1.29, 1.82) is 0 Å². The molecule has 0 unspecified atom stereocenters. The summed E-state index contributed by atoms with van der Waals surface area (Å²) in [5.74, 6) is -0.0210. The van der Waals surface area contributed by atoms with Crippen molar-refractivity contribution in [3.8, 4) is 0 Å². The molecule has 0 saturated heterocycles. The third-order valence-electron chi connectivity index (χ3n) is 2.79. The lowest BCUT2D eigenvalue weighted by Crippen LogP contribution is -2.52. The van der Waals surface area contributed by atoms with Gasteiger partial charge in [-0.15, -0.1) is 0 Å². The summed E-state index contributed by atoms with van der Waals surface area (Å²) >= 11 is 0. The Labute approximate surface area is 91.5 Å². The quantitative estimate of drug-likeness (QED) is 0.665. The number of nitrogens with one attached hydrogen (secondary N) is 1. The minimum Gasteiger partial charge on any atom is -0.377 e. The first-order chi connectivity index (χ1) is 7.04. The van der Waals surface area contributed by atoms with Gasteiger partial charge in [0.1, 0.15) is 0 Å². The standard InChI is InChI=1S/C11H22N2O2/c1-9(2)15-8-7-13-10(14)11(12)5-3-4-6-11/h9H,3-8,12H2,1-2H3,(H,13,14). The van der Waals surface area contributed by atoms with Crippen molar-refractivity contribution in [1.82, 2.24) is 5.32 Å². The van der Waals surface area contributed by atoms with Crippen molar-refractivity contribution in [2.75, 3.05) is 13.2 Å². The van der Waals surface area contributed by atoms with Crippen LogP contribution in [0.25, 0.3) is 0 Å². The molecular formula is C11H22N2O2. The van der Waals surface area contributed by atoms with E-state index in [-0.39, 0.29) is 12.0 Å². The van der Waals surface area contributed by atoms with Crippen LogP contribution in [0, 0.1) is 0 Å². The highest BCUT2D eigenvalue weighted by molar-refractivity contribution is 5.86. The Morgan fingerprint density at radius 2 is 2.07 bits per heavy atom. The fourth-order valence-electron chi connectivity index (χ4n) is 1.87. The minimum atomic E-state index is -0.613. The number of hydrogen-bond donors (Lipinski definition) is 2. The molecule has 0 aromatic carbocycles. The fourth-order valence-corrected chi connectivity index (χ4v) is 1.87. The summed E-state index contributed by atoms with van der Waals surface area (Å²) in [4.78, 5) is 11.7. The zero-order valence-corrected chi connectivity index (χ0v) is 9.71. The van der Waals surface area contributed by atoms with Crippen LogP contribution in [0.5, 0.6) is 0 Å². The van der Waals surface area contributed by atoms with Crippen LogP contribution in [0.1, 0.15) is 39.5 Å². The van der Waals surface area contributed by atoms with Gasteiger partial charge >= 0.3 is 0 Å². The Bertz CT molecular complexity index is 211. The lowest BCUT2D eigenvalue weighted by Gasteiger charge is -2.22. The van der Waals surface area contributed by atoms with Crippen molar-refractivity contribution in [3.05, 3.63) is 0 Å². The molecular weight excluding hydrogens is 192 g/mol. The summed E-state index contributed by atoms with van der Waals surface area (Å²) in [5.41, 5.74) is 5.38. The molecule has 0 atom stereocenters. The summed E-state index contributed by atoms with van der Waals surface area (Å²) in [6.07, 6.45) is 3.95. The van der Waals surface area contributed by atoms with Crippen LogP contribution in [0.15, 0.2) is 0 Å². The van der Waals surface area contributed by atoms with E-state index in [1.807, 2.05) is 13.8 Å². The van der Waals surface area contributed by atoms with Gasteiger partial charge in [0, 0.05) is 6.54 Å². The Kier molecular flexibility index (Phi) is 4.54. The molecule has 0 aromatic rings. The minimum absolute atomic E-state index is 0.0210. The molecule has 0 spiro atoms. The number of rotatable bonds is 5. The predicted molar refractivity (Wildman–Crippen MR) is 59.5 cm³/mol. The van der Waals surface area contributed by atoms with E-state index >= 15 is 0 Å². The number of nitrogens with two attached hydrogens (primary N) is 1. The summed E-state index contributed by atoms with van der Waals surface area (Å²) in [6.45, 7) is 5.06. The first kappa shape index (κ1) is 12.5. The molecule has 0 bridgehead atoms. The lowest BCUT2D eigenvalue weighted by molar-refractivity contribution is -0.126. The topological polar surface area (TPSA) is 64.3 Å². The molecule has 0 radical (unpaired) electrons. The van der Waals surface area contributed by atoms with E-state index in [1.54, 1.807) is 0 Å². The molecule has 0 aromatic heterocycles. The summed E-state index contributed by atoms with van der Waals surface area (Å²) in [7, 11) is 0. The third-order valence-corrected chi connectivity index (χ3v) is 2.79. The van der Waals surface area contributed by atoms with Crippen LogP contribution < -0.4 is 11.1 Å². The van der Waals surface area contributed by atoms with Crippen LogP contribution in [0.4, 0.5) is 0 Å². The number of ether oxygens (including phenoxy) is 1. The van der Waals surface area contributed by atoms with Gasteiger partial charge in [0.15, 0.2) is 0 Å². The molecule has 0 heterocycles. The first-order valence-corrected chi connectivity index (χ1v) is 5.73. The molecule has 88 valence electrons. The van der Waals surface area contributed by atoms with Crippen molar-refractivity contribution < 1.29 is 9.53 Å². The van der Waals surface area contributed by atoms with Gasteiger partial charge in [-0.25, -0.2) is 0 Å². The Morgan fingerprint density at radius 3 is 2.60 bits per heavy atom. The maximum absolute atomic E-state index is 11.7. The number of amides is 1. The molecule has 1 aliphatic carbocycles. The highest BCUT2D eigenvalue weighted by Gasteiger charge is 2.36. The SMILES string of the molecule is CC(C)OCCNC(=O)C1(N)CCCC1. The zero-order chi connectivity index (χ0) is 11.3. The van der Waals surface area contributed by atoms with Crippen LogP contribution in [0.3, 0.4) is 0 Å². The number of carbonyl (C=O) groups excluding carboxylic acids is 1. The van der Waals surface area contributed by atoms with Crippen LogP contribution in [-0.2, 0) is 9.53 Å². The summed E-state index contributed by atoms with van der Waals surface area (Å²) < 4.78 is 5.33. The predicted octanol–water partition coefficient (Wildman–Crippen LogP) is 0.799. The molecule has 1 fully saturated rings. The van der Waals surface area contributed by atoms with Gasteiger partial charge in [-0.05, 0) is 26.7 Å².